The first-order chi connectivity index (χ1) is 8.75. The second-order valence-corrected chi connectivity index (χ2v) is 6.06. The molecular weight excluding hydrogens is 246 g/mol. The lowest BCUT2D eigenvalue weighted by Crippen LogP contribution is -2.37. The van der Waals surface area contributed by atoms with Gasteiger partial charge in [-0.2, -0.15) is 0 Å². The molecule has 1 amide bonds. The largest absolute Gasteiger partial charge is 0.391 e. The van der Waals surface area contributed by atoms with E-state index >= 15 is 0 Å². The number of aliphatic hydroxyl groups excluding tert-OH is 1. The number of carbonyl (C=O) groups excluding carboxylic acids is 1. The lowest BCUT2D eigenvalue weighted by atomic mass is 9.85. The van der Waals surface area contributed by atoms with Crippen LogP contribution in [0.25, 0.3) is 0 Å². The highest BCUT2D eigenvalue weighted by molar-refractivity contribution is 7.10. The summed E-state index contributed by atoms with van der Waals surface area (Å²) < 4.78 is 0. The standard InChI is InChI=1S/C14H21NO2S/c16-13(11-5-2-1-3-6-11)10-15-14(17)9-12-7-4-8-18-12/h4,7-8,11,13,16H,1-3,5-6,9-10H2,(H,15,17)/t13-/m0/s1. The molecule has 3 nitrogen and oxygen atoms in total. The maximum absolute atomic E-state index is 11.7. The summed E-state index contributed by atoms with van der Waals surface area (Å²) in [5.41, 5.74) is 0. The van der Waals surface area contributed by atoms with Gasteiger partial charge in [-0.25, -0.2) is 0 Å². The zero-order valence-electron chi connectivity index (χ0n) is 10.6. The molecule has 0 unspecified atom stereocenters. The summed E-state index contributed by atoms with van der Waals surface area (Å²) in [7, 11) is 0. The Morgan fingerprint density at radius 2 is 2.22 bits per heavy atom. The van der Waals surface area contributed by atoms with Crippen LogP contribution in [0.4, 0.5) is 0 Å². The molecule has 1 heterocycles. The normalized spacial score (nSPS) is 18.5. The van der Waals surface area contributed by atoms with Gasteiger partial charge in [0.25, 0.3) is 0 Å². The molecule has 1 aromatic heterocycles. The molecular formula is C14H21NO2S. The predicted octanol–water partition coefficient (Wildman–Crippen LogP) is 2.35. The molecule has 1 atom stereocenters. The Morgan fingerprint density at radius 3 is 2.89 bits per heavy atom. The number of hydrogen-bond acceptors (Lipinski definition) is 3. The van der Waals surface area contributed by atoms with Crippen molar-refractivity contribution in [3.05, 3.63) is 22.4 Å². The van der Waals surface area contributed by atoms with Crippen LogP contribution < -0.4 is 5.32 Å². The van der Waals surface area contributed by atoms with Crippen LogP contribution in [0, 0.1) is 5.92 Å². The topological polar surface area (TPSA) is 49.3 Å². The first-order valence-corrected chi connectivity index (χ1v) is 7.61. The quantitative estimate of drug-likeness (QED) is 0.860. The molecule has 4 heteroatoms. The third kappa shape index (κ3) is 4.10. The van der Waals surface area contributed by atoms with Crippen LogP contribution in [0.3, 0.4) is 0 Å². The summed E-state index contributed by atoms with van der Waals surface area (Å²) in [6, 6.07) is 3.91. The molecule has 2 N–H and O–H groups in total. The average Bonchev–Trinajstić information content (AvgIpc) is 2.90. The van der Waals surface area contributed by atoms with Crippen molar-refractivity contribution in [1.29, 1.82) is 0 Å². The molecule has 100 valence electrons. The number of amides is 1. The minimum absolute atomic E-state index is 0.00677. The lowest BCUT2D eigenvalue weighted by molar-refractivity contribution is -0.121. The van der Waals surface area contributed by atoms with Gasteiger partial charge in [-0.1, -0.05) is 25.3 Å². The summed E-state index contributed by atoms with van der Waals surface area (Å²) in [5, 5.41) is 14.8. The average molecular weight is 267 g/mol. The van der Waals surface area contributed by atoms with Gasteiger partial charge in [0, 0.05) is 11.4 Å². The van der Waals surface area contributed by atoms with Crippen LogP contribution in [0.1, 0.15) is 37.0 Å². The Balaban J connectivity index is 1.68. The molecule has 1 saturated carbocycles. The van der Waals surface area contributed by atoms with Gasteiger partial charge in [0.1, 0.15) is 0 Å². The van der Waals surface area contributed by atoms with Crippen LogP contribution in [0.15, 0.2) is 17.5 Å². The number of rotatable bonds is 5. The molecule has 1 aliphatic rings. The van der Waals surface area contributed by atoms with Crippen molar-refractivity contribution in [2.45, 2.75) is 44.6 Å². The second-order valence-electron chi connectivity index (χ2n) is 5.03. The van der Waals surface area contributed by atoms with Gasteiger partial charge in [-0.3, -0.25) is 4.79 Å². The molecule has 0 bridgehead atoms. The summed E-state index contributed by atoms with van der Waals surface area (Å²) in [6.45, 7) is 0.398. The molecule has 2 rings (SSSR count). The van der Waals surface area contributed by atoms with Crippen molar-refractivity contribution >= 4 is 17.2 Å². The Labute approximate surface area is 112 Å². The molecule has 0 saturated heterocycles. The number of hydrogen-bond donors (Lipinski definition) is 2. The SMILES string of the molecule is O=C(Cc1cccs1)NC[C@H](O)C1CCCCC1. The first kappa shape index (κ1) is 13.6. The van der Waals surface area contributed by atoms with Crippen LogP contribution in [0.5, 0.6) is 0 Å². The number of nitrogens with one attached hydrogen (secondary N) is 1. The Hall–Kier alpha value is -0.870. The molecule has 0 radical (unpaired) electrons. The van der Waals surface area contributed by atoms with Gasteiger partial charge in [-0.15, -0.1) is 11.3 Å². The van der Waals surface area contributed by atoms with Gasteiger partial charge >= 0.3 is 0 Å². The van der Waals surface area contributed by atoms with Crippen molar-refractivity contribution in [2.75, 3.05) is 6.54 Å². The highest BCUT2D eigenvalue weighted by Crippen LogP contribution is 2.26. The maximum atomic E-state index is 11.7. The van der Waals surface area contributed by atoms with E-state index in [2.05, 4.69) is 5.32 Å². The fraction of sp³-hybridized carbons (Fsp3) is 0.643. The Bertz CT molecular complexity index is 358. The van der Waals surface area contributed by atoms with E-state index in [1.807, 2.05) is 17.5 Å². The van der Waals surface area contributed by atoms with Gasteiger partial charge < -0.3 is 10.4 Å². The number of aliphatic hydroxyl groups is 1. The van der Waals surface area contributed by atoms with E-state index < -0.39 is 0 Å². The van der Waals surface area contributed by atoms with E-state index in [-0.39, 0.29) is 12.0 Å². The number of thiophene rings is 1. The van der Waals surface area contributed by atoms with Gasteiger partial charge in [0.2, 0.25) is 5.91 Å². The molecule has 0 aromatic carbocycles. The lowest BCUT2D eigenvalue weighted by Gasteiger charge is -2.26. The molecule has 18 heavy (non-hydrogen) atoms. The second kappa shape index (κ2) is 6.90. The van der Waals surface area contributed by atoms with Crippen LogP contribution in [-0.4, -0.2) is 23.7 Å². The van der Waals surface area contributed by atoms with Crippen molar-refractivity contribution < 1.29 is 9.90 Å². The van der Waals surface area contributed by atoms with Crippen LogP contribution in [-0.2, 0) is 11.2 Å². The van der Waals surface area contributed by atoms with Gasteiger partial charge in [0.05, 0.1) is 12.5 Å². The zero-order valence-corrected chi connectivity index (χ0v) is 11.4. The van der Waals surface area contributed by atoms with Crippen molar-refractivity contribution in [1.82, 2.24) is 5.32 Å². The fourth-order valence-electron chi connectivity index (χ4n) is 2.54. The van der Waals surface area contributed by atoms with Crippen LogP contribution >= 0.6 is 11.3 Å². The van der Waals surface area contributed by atoms with Crippen molar-refractivity contribution in [3.63, 3.8) is 0 Å². The highest BCUT2D eigenvalue weighted by atomic mass is 32.1. The Morgan fingerprint density at radius 1 is 1.44 bits per heavy atom. The van der Waals surface area contributed by atoms with Gasteiger partial charge in [0.15, 0.2) is 0 Å². The molecule has 1 fully saturated rings. The van der Waals surface area contributed by atoms with E-state index in [1.54, 1.807) is 11.3 Å². The zero-order chi connectivity index (χ0) is 12.8. The van der Waals surface area contributed by atoms with E-state index in [0.717, 1.165) is 17.7 Å². The van der Waals surface area contributed by atoms with Crippen LogP contribution in [0.2, 0.25) is 0 Å². The minimum Gasteiger partial charge on any atom is -0.391 e. The minimum atomic E-state index is -0.377. The Kier molecular flexibility index (Phi) is 5.20. The maximum Gasteiger partial charge on any atom is 0.225 e. The summed E-state index contributed by atoms with van der Waals surface area (Å²) in [4.78, 5) is 12.8. The summed E-state index contributed by atoms with van der Waals surface area (Å²) >= 11 is 1.59. The van der Waals surface area contributed by atoms with Crippen molar-refractivity contribution in [3.8, 4) is 0 Å². The summed E-state index contributed by atoms with van der Waals surface area (Å²) in [5.74, 6) is 0.382. The van der Waals surface area contributed by atoms with Crippen molar-refractivity contribution in [2.24, 2.45) is 5.92 Å². The highest BCUT2D eigenvalue weighted by Gasteiger charge is 2.21. The smallest absolute Gasteiger partial charge is 0.225 e. The fourth-order valence-corrected chi connectivity index (χ4v) is 3.24. The van der Waals surface area contributed by atoms with Gasteiger partial charge in [-0.05, 0) is 30.2 Å². The predicted molar refractivity (Wildman–Crippen MR) is 73.6 cm³/mol. The van der Waals surface area contributed by atoms with E-state index in [9.17, 15) is 9.90 Å². The van der Waals surface area contributed by atoms with E-state index in [0.29, 0.717) is 18.9 Å². The monoisotopic (exact) mass is 267 g/mol. The first-order valence-electron chi connectivity index (χ1n) is 6.73. The molecule has 1 aliphatic carbocycles. The third-order valence-electron chi connectivity index (χ3n) is 3.62. The molecule has 0 aliphatic heterocycles. The molecule has 1 aromatic rings. The summed E-state index contributed by atoms with van der Waals surface area (Å²) in [6.07, 6.45) is 5.96. The van der Waals surface area contributed by atoms with E-state index in [4.69, 9.17) is 0 Å². The van der Waals surface area contributed by atoms with E-state index in [1.165, 1.54) is 19.3 Å². The molecule has 0 spiro atoms. The third-order valence-corrected chi connectivity index (χ3v) is 4.49. The number of carbonyl (C=O) groups is 1.